The average molecular weight is 1140 g/mol. The minimum Gasteiger partial charge on any atom is -0.461 e. The lowest BCUT2D eigenvalue weighted by atomic mass is 10.1. The molecule has 20 nitrogen and oxygen atoms in total. The quantitative estimate of drug-likeness (QED) is 0.0647. The average Bonchev–Trinajstić information content (AvgIpc) is 4.15. The molecule has 0 saturated carbocycles. The first-order valence-electron chi connectivity index (χ1n) is 23.2. The van der Waals surface area contributed by atoms with Crippen molar-refractivity contribution < 1.29 is 65.8 Å². The van der Waals surface area contributed by atoms with Gasteiger partial charge >= 0.3 is 36.4 Å². The van der Waals surface area contributed by atoms with E-state index in [1.165, 1.54) is 58.6 Å². The van der Waals surface area contributed by atoms with Gasteiger partial charge in [-0.05, 0) is 61.4 Å². The lowest BCUT2D eigenvalue weighted by molar-refractivity contribution is -0.138. The van der Waals surface area contributed by atoms with Crippen LogP contribution < -0.4 is 39.7 Å². The highest BCUT2D eigenvalue weighted by atomic mass is 35.5. The van der Waals surface area contributed by atoms with E-state index >= 15 is 0 Å². The van der Waals surface area contributed by atoms with Crippen molar-refractivity contribution >= 4 is 82.3 Å². The highest BCUT2D eigenvalue weighted by molar-refractivity contribution is 6.34. The van der Waals surface area contributed by atoms with Gasteiger partial charge in [-0.1, -0.05) is 47.5 Å². The topological polar surface area (TPSA) is 248 Å². The molecule has 2 saturated heterocycles. The molecule has 6 N–H and O–H groups in total. The number of benzene rings is 2. The molecule has 77 heavy (non-hydrogen) atoms. The Kier molecular flexibility index (Phi) is 17.0. The smallest absolute Gasteiger partial charge is 0.416 e. The van der Waals surface area contributed by atoms with E-state index in [2.05, 4.69) is 40.5 Å². The number of rotatable bonds is 12. The molecule has 4 atom stereocenters. The molecule has 2 aromatic carbocycles. The first-order valence-corrected chi connectivity index (χ1v) is 24.0. The Morgan fingerprint density at radius 3 is 1.42 bits per heavy atom. The van der Waals surface area contributed by atoms with E-state index in [1.807, 2.05) is 9.80 Å². The van der Waals surface area contributed by atoms with Crippen LogP contribution in [0.2, 0.25) is 10.0 Å². The summed E-state index contributed by atoms with van der Waals surface area (Å²) >= 11 is 13.0. The van der Waals surface area contributed by atoms with Crippen molar-refractivity contribution in [3.05, 3.63) is 106 Å². The number of fused-ring (bicyclic) bond motifs is 8. The number of nitrogens with zero attached hydrogens (tertiary/aromatic N) is 10. The van der Waals surface area contributed by atoms with Gasteiger partial charge < -0.3 is 39.7 Å². The summed E-state index contributed by atoms with van der Waals surface area (Å²) in [6, 6.07) is 13.7. The number of halogens is 9. The SMILES string of the molecule is Cl.O=C(Nc1ccnc(OC[C@@H](O)CO)n1)N1c2nc(-c3cccc(C(F)(F)F)c3)c(Cl)cc2N2CC[C@H]1C2.O=C(Nc1ccnc(OC[C@@H](O)CO)n1)N1c2nc(-c3cccc(C(F)(F)F)c3)c(Cl)cc2N2CC[C@H]1C2. The molecule has 408 valence electrons. The molecular formula is C48H45Cl3F6N12O8. The van der Waals surface area contributed by atoms with E-state index in [4.69, 9.17) is 42.9 Å². The standard InChI is InChI=1S/2C24H22ClF3N6O4.ClH/c2*25-17-9-18-21(32-20(17)13-2-1-3-14(8-13)24(26,27)28)34(15-5-7-33(18)10-15)23(37)31-19-4-6-29-22(30-19)38-12-16(36)11-35;/h2*1-4,6,8-9,15-16,35-36H,5,7,10-12H2,(H,29,30,31,37);1H/t2*15-,16-;/m00./s1. The molecule has 10 rings (SSSR count). The molecule has 0 radical (unpaired) electrons. The Labute approximate surface area is 449 Å². The Bertz CT molecular complexity index is 2930. The van der Waals surface area contributed by atoms with Crippen LogP contribution in [0.1, 0.15) is 24.0 Å². The van der Waals surface area contributed by atoms with Crippen LogP contribution in [0.25, 0.3) is 22.5 Å². The number of hydrogen-bond acceptors (Lipinski definition) is 16. The van der Waals surface area contributed by atoms with E-state index in [0.29, 0.717) is 50.4 Å². The number of aliphatic hydroxyl groups is 4. The molecule has 29 heteroatoms. The number of aromatic nitrogens is 6. The molecule has 4 aliphatic rings. The Morgan fingerprint density at radius 1 is 0.636 bits per heavy atom. The summed E-state index contributed by atoms with van der Waals surface area (Å²) in [7, 11) is 0. The highest BCUT2D eigenvalue weighted by Gasteiger charge is 2.43. The number of nitrogens with one attached hydrogen (secondary N) is 2. The van der Waals surface area contributed by atoms with Crippen molar-refractivity contribution in [2.24, 2.45) is 0 Å². The van der Waals surface area contributed by atoms with Crippen LogP contribution in [0.15, 0.2) is 85.2 Å². The summed E-state index contributed by atoms with van der Waals surface area (Å²) < 4.78 is 90.3. The first kappa shape index (κ1) is 56.1. The fraction of sp³-hybridized carbons (Fsp3) is 0.333. The maximum Gasteiger partial charge on any atom is 0.416 e. The number of aliphatic hydroxyl groups excluding tert-OH is 4. The van der Waals surface area contributed by atoms with Crippen LogP contribution >= 0.6 is 35.6 Å². The van der Waals surface area contributed by atoms with Crippen molar-refractivity contribution in [1.29, 1.82) is 0 Å². The van der Waals surface area contributed by atoms with Gasteiger partial charge in [0.05, 0.1) is 69.2 Å². The van der Waals surface area contributed by atoms with Crippen molar-refractivity contribution in [3.63, 3.8) is 0 Å². The summed E-state index contributed by atoms with van der Waals surface area (Å²) in [5.41, 5.74) is 0.106. The number of urea groups is 2. The van der Waals surface area contributed by atoms with E-state index in [-0.39, 0.29) is 106 Å². The first-order chi connectivity index (χ1) is 36.3. The third-order valence-electron chi connectivity index (χ3n) is 12.4. The summed E-state index contributed by atoms with van der Waals surface area (Å²) in [5, 5.41) is 42.4. The monoisotopic (exact) mass is 1140 g/mol. The van der Waals surface area contributed by atoms with Crippen molar-refractivity contribution in [2.45, 2.75) is 49.5 Å². The zero-order valence-electron chi connectivity index (χ0n) is 39.8. The fourth-order valence-corrected chi connectivity index (χ4v) is 9.32. The summed E-state index contributed by atoms with van der Waals surface area (Å²) in [6.07, 6.45) is -7.29. The summed E-state index contributed by atoms with van der Waals surface area (Å²) in [5.74, 6) is 0.773. The second-order valence-corrected chi connectivity index (χ2v) is 18.4. The predicted octanol–water partition coefficient (Wildman–Crippen LogP) is 7.57. The van der Waals surface area contributed by atoms with Crippen molar-refractivity contribution in [2.75, 3.05) is 82.8 Å². The molecule has 4 aromatic heterocycles. The molecule has 4 amide bonds. The number of alkyl halides is 6. The van der Waals surface area contributed by atoms with Gasteiger partial charge in [0.1, 0.15) is 37.1 Å². The van der Waals surface area contributed by atoms with Crippen LogP contribution in [-0.2, 0) is 12.4 Å². The van der Waals surface area contributed by atoms with Gasteiger partial charge in [-0.15, -0.1) is 12.4 Å². The largest absolute Gasteiger partial charge is 0.461 e. The molecule has 8 heterocycles. The molecule has 0 spiro atoms. The fourth-order valence-electron chi connectivity index (χ4n) is 8.81. The van der Waals surface area contributed by atoms with Crippen LogP contribution in [0.3, 0.4) is 0 Å². The zero-order valence-corrected chi connectivity index (χ0v) is 42.1. The van der Waals surface area contributed by atoms with Gasteiger partial charge in [-0.25, -0.2) is 29.5 Å². The molecule has 2 fully saturated rings. The lowest BCUT2D eigenvalue weighted by Gasteiger charge is -2.36. The number of anilines is 6. The molecule has 6 aromatic rings. The normalized spacial score (nSPS) is 17.0. The van der Waals surface area contributed by atoms with Gasteiger partial charge in [0.2, 0.25) is 0 Å². The number of carbonyl (C=O) groups is 2. The Balaban J connectivity index is 0.000000201. The van der Waals surface area contributed by atoms with Gasteiger partial charge in [0.15, 0.2) is 11.6 Å². The van der Waals surface area contributed by atoms with Crippen LogP contribution in [0.4, 0.5) is 70.6 Å². The van der Waals surface area contributed by atoms with Gasteiger partial charge in [-0.2, -0.15) is 36.3 Å². The number of carbonyl (C=O) groups excluding carboxylic acids is 2. The second kappa shape index (κ2) is 23.3. The zero-order chi connectivity index (χ0) is 54.1. The van der Waals surface area contributed by atoms with Gasteiger partial charge in [0, 0.05) is 49.7 Å². The highest BCUT2D eigenvalue weighted by Crippen LogP contribution is 2.46. The molecule has 4 bridgehead atoms. The minimum absolute atomic E-state index is 0. The second-order valence-electron chi connectivity index (χ2n) is 17.6. The Morgan fingerprint density at radius 2 is 1.04 bits per heavy atom. The van der Waals surface area contributed by atoms with Crippen LogP contribution in [-0.4, -0.2) is 139 Å². The minimum atomic E-state index is -4.54. The van der Waals surface area contributed by atoms with E-state index in [0.717, 1.165) is 24.3 Å². The number of ether oxygens (including phenoxy) is 2. The molecule has 4 aliphatic heterocycles. The third-order valence-corrected chi connectivity index (χ3v) is 13.0. The van der Waals surface area contributed by atoms with Crippen LogP contribution in [0.5, 0.6) is 12.0 Å². The molecule has 0 unspecified atom stereocenters. The van der Waals surface area contributed by atoms with Gasteiger partial charge in [-0.3, -0.25) is 20.4 Å². The maximum absolute atomic E-state index is 13.5. The predicted molar refractivity (Wildman–Crippen MR) is 272 cm³/mol. The van der Waals surface area contributed by atoms with E-state index in [9.17, 15) is 46.1 Å². The van der Waals surface area contributed by atoms with Crippen LogP contribution in [0, 0.1) is 0 Å². The van der Waals surface area contributed by atoms with E-state index < -0.39 is 61.0 Å². The lowest BCUT2D eigenvalue weighted by Crippen LogP contribution is -2.48. The summed E-state index contributed by atoms with van der Waals surface area (Å²) in [6.45, 7) is 0.910. The number of amides is 4. The molecular weight excluding hydrogens is 1090 g/mol. The van der Waals surface area contributed by atoms with Crippen molar-refractivity contribution in [3.8, 4) is 34.5 Å². The maximum atomic E-state index is 13.5. The number of pyridine rings is 2. The van der Waals surface area contributed by atoms with Gasteiger partial charge in [0.25, 0.3) is 0 Å². The van der Waals surface area contributed by atoms with E-state index in [1.54, 1.807) is 12.1 Å². The number of hydrogen-bond donors (Lipinski definition) is 6. The Hall–Kier alpha value is -7.07. The summed E-state index contributed by atoms with van der Waals surface area (Å²) in [4.78, 5) is 59.1. The van der Waals surface area contributed by atoms with Crippen molar-refractivity contribution in [1.82, 2.24) is 29.9 Å². The molecule has 0 aliphatic carbocycles. The third kappa shape index (κ3) is 12.5.